The van der Waals surface area contributed by atoms with E-state index < -0.39 is 0 Å². The van der Waals surface area contributed by atoms with E-state index in [9.17, 15) is 0 Å². The molecule has 1 aromatic rings. The molecule has 0 amide bonds. The summed E-state index contributed by atoms with van der Waals surface area (Å²) in [6, 6.07) is 4.95. The summed E-state index contributed by atoms with van der Waals surface area (Å²) in [6.45, 7) is 5.95. The van der Waals surface area contributed by atoms with E-state index in [1.807, 2.05) is 11.3 Å². The minimum Gasteiger partial charge on any atom is -0.309 e. The van der Waals surface area contributed by atoms with Gasteiger partial charge in [-0.1, -0.05) is 13.0 Å². The molecule has 1 saturated heterocycles. The van der Waals surface area contributed by atoms with Crippen molar-refractivity contribution in [3.05, 3.63) is 22.4 Å². The molecule has 1 fully saturated rings. The maximum atomic E-state index is 3.72. The fraction of sp³-hybridized carbons (Fsp3) is 0.692. The van der Waals surface area contributed by atoms with Crippen LogP contribution in [0.15, 0.2) is 17.5 Å². The Morgan fingerprint density at radius 2 is 2.50 bits per heavy atom. The number of likely N-dealkylation sites (tertiary alicyclic amines) is 1. The average Bonchev–Trinajstić information content (AvgIpc) is 2.91. The van der Waals surface area contributed by atoms with Crippen LogP contribution in [-0.2, 0) is 0 Å². The van der Waals surface area contributed by atoms with Crippen molar-refractivity contribution in [3.63, 3.8) is 0 Å². The standard InChI is InChI=1S/C13H22N2S/c1-3-12(13-5-4-8-16-13)14-9-11-6-7-15(2)10-11/h4-5,8,11-12,14H,3,6-7,9-10H2,1-2H3. The third kappa shape index (κ3) is 3.06. The smallest absolute Gasteiger partial charge is 0.0412 e. The number of thiophene rings is 1. The van der Waals surface area contributed by atoms with Gasteiger partial charge in [0.15, 0.2) is 0 Å². The maximum absolute atomic E-state index is 3.72. The van der Waals surface area contributed by atoms with Gasteiger partial charge in [0.25, 0.3) is 0 Å². The van der Waals surface area contributed by atoms with Gasteiger partial charge < -0.3 is 10.2 Å². The largest absolute Gasteiger partial charge is 0.309 e. The summed E-state index contributed by atoms with van der Waals surface area (Å²) in [7, 11) is 2.22. The molecule has 2 rings (SSSR count). The molecule has 2 nitrogen and oxygen atoms in total. The van der Waals surface area contributed by atoms with Crippen molar-refractivity contribution in [2.24, 2.45) is 5.92 Å². The van der Waals surface area contributed by atoms with Crippen LogP contribution in [0.5, 0.6) is 0 Å². The predicted molar refractivity (Wildman–Crippen MR) is 71.0 cm³/mol. The fourth-order valence-electron chi connectivity index (χ4n) is 2.44. The maximum Gasteiger partial charge on any atom is 0.0412 e. The van der Waals surface area contributed by atoms with Crippen LogP contribution in [0.4, 0.5) is 0 Å². The summed E-state index contributed by atoms with van der Waals surface area (Å²) in [5.41, 5.74) is 0. The van der Waals surface area contributed by atoms with Crippen LogP contribution in [0.1, 0.15) is 30.7 Å². The fourth-order valence-corrected chi connectivity index (χ4v) is 3.32. The van der Waals surface area contributed by atoms with E-state index in [-0.39, 0.29) is 0 Å². The van der Waals surface area contributed by atoms with Gasteiger partial charge in [-0.2, -0.15) is 0 Å². The topological polar surface area (TPSA) is 15.3 Å². The summed E-state index contributed by atoms with van der Waals surface area (Å²) in [6.07, 6.45) is 2.54. The van der Waals surface area contributed by atoms with Gasteiger partial charge >= 0.3 is 0 Å². The Bertz CT molecular complexity index is 297. The molecule has 1 aromatic heterocycles. The molecule has 1 aliphatic rings. The minimum absolute atomic E-state index is 0.561. The molecular formula is C13H22N2S. The van der Waals surface area contributed by atoms with E-state index in [2.05, 4.69) is 41.7 Å². The summed E-state index contributed by atoms with van der Waals surface area (Å²) in [4.78, 5) is 3.91. The lowest BCUT2D eigenvalue weighted by Gasteiger charge is -2.18. The van der Waals surface area contributed by atoms with E-state index in [0.29, 0.717) is 6.04 Å². The van der Waals surface area contributed by atoms with Crippen LogP contribution < -0.4 is 5.32 Å². The number of nitrogens with zero attached hydrogens (tertiary/aromatic N) is 1. The zero-order valence-electron chi connectivity index (χ0n) is 10.3. The molecule has 0 spiro atoms. The second kappa shape index (κ2) is 5.80. The molecule has 2 heterocycles. The highest BCUT2D eigenvalue weighted by molar-refractivity contribution is 7.10. The van der Waals surface area contributed by atoms with Crippen molar-refractivity contribution >= 4 is 11.3 Å². The SMILES string of the molecule is CCC(NCC1CCN(C)C1)c1cccs1. The zero-order chi connectivity index (χ0) is 11.4. The lowest BCUT2D eigenvalue weighted by molar-refractivity contribution is 0.378. The van der Waals surface area contributed by atoms with Gasteiger partial charge in [-0.3, -0.25) is 0 Å². The first-order valence-corrected chi connectivity index (χ1v) is 7.13. The molecule has 0 saturated carbocycles. The van der Waals surface area contributed by atoms with Crippen molar-refractivity contribution in [3.8, 4) is 0 Å². The number of nitrogens with one attached hydrogen (secondary N) is 1. The highest BCUT2D eigenvalue weighted by Crippen LogP contribution is 2.22. The lowest BCUT2D eigenvalue weighted by Crippen LogP contribution is -2.28. The van der Waals surface area contributed by atoms with Crippen LogP contribution >= 0.6 is 11.3 Å². The molecule has 90 valence electrons. The van der Waals surface area contributed by atoms with Crippen LogP contribution in [-0.4, -0.2) is 31.6 Å². The molecule has 2 unspecified atom stereocenters. The second-order valence-electron chi connectivity index (χ2n) is 4.80. The van der Waals surface area contributed by atoms with E-state index in [4.69, 9.17) is 0 Å². The molecule has 1 N–H and O–H groups in total. The van der Waals surface area contributed by atoms with Crippen molar-refractivity contribution in [2.75, 3.05) is 26.7 Å². The van der Waals surface area contributed by atoms with Crippen molar-refractivity contribution in [1.29, 1.82) is 0 Å². The quantitative estimate of drug-likeness (QED) is 0.848. The van der Waals surface area contributed by atoms with Gasteiger partial charge in [-0.05, 0) is 50.3 Å². The zero-order valence-corrected chi connectivity index (χ0v) is 11.1. The Morgan fingerprint density at radius 3 is 3.06 bits per heavy atom. The molecule has 16 heavy (non-hydrogen) atoms. The minimum atomic E-state index is 0.561. The van der Waals surface area contributed by atoms with Crippen molar-refractivity contribution in [2.45, 2.75) is 25.8 Å². The molecular weight excluding hydrogens is 216 g/mol. The van der Waals surface area contributed by atoms with E-state index in [1.165, 1.54) is 37.4 Å². The average molecular weight is 238 g/mol. The van der Waals surface area contributed by atoms with Crippen LogP contribution in [0.3, 0.4) is 0 Å². The Kier molecular flexibility index (Phi) is 4.38. The number of hydrogen-bond donors (Lipinski definition) is 1. The number of hydrogen-bond acceptors (Lipinski definition) is 3. The van der Waals surface area contributed by atoms with Crippen molar-refractivity contribution < 1.29 is 0 Å². The molecule has 0 radical (unpaired) electrons. The molecule has 0 bridgehead atoms. The number of rotatable bonds is 5. The van der Waals surface area contributed by atoms with Crippen LogP contribution in [0, 0.1) is 5.92 Å². The summed E-state index contributed by atoms with van der Waals surface area (Å²) in [5.74, 6) is 0.846. The third-order valence-corrected chi connectivity index (χ3v) is 4.42. The first-order chi connectivity index (χ1) is 7.79. The first-order valence-electron chi connectivity index (χ1n) is 6.25. The summed E-state index contributed by atoms with van der Waals surface area (Å²) >= 11 is 1.87. The highest BCUT2D eigenvalue weighted by atomic mass is 32.1. The van der Waals surface area contributed by atoms with Gasteiger partial charge in [0.1, 0.15) is 0 Å². The Hall–Kier alpha value is -0.380. The highest BCUT2D eigenvalue weighted by Gasteiger charge is 2.20. The van der Waals surface area contributed by atoms with Gasteiger partial charge in [0.05, 0.1) is 0 Å². The Balaban J connectivity index is 1.79. The van der Waals surface area contributed by atoms with Crippen molar-refractivity contribution in [1.82, 2.24) is 10.2 Å². The van der Waals surface area contributed by atoms with Gasteiger partial charge in [-0.25, -0.2) is 0 Å². The predicted octanol–water partition coefficient (Wildman–Crippen LogP) is 2.74. The summed E-state index contributed by atoms with van der Waals surface area (Å²) in [5, 5.41) is 5.89. The molecule has 0 aromatic carbocycles. The van der Waals surface area contributed by atoms with E-state index >= 15 is 0 Å². The summed E-state index contributed by atoms with van der Waals surface area (Å²) < 4.78 is 0. The van der Waals surface area contributed by atoms with Crippen LogP contribution in [0.25, 0.3) is 0 Å². The Labute approximate surface area is 103 Å². The third-order valence-electron chi connectivity index (χ3n) is 3.44. The van der Waals surface area contributed by atoms with E-state index in [1.54, 1.807) is 0 Å². The van der Waals surface area contributed by atoms with Gasteiger partial charge in [0, 0.05) is 17.5 Å². The second-order valence-corrected chi connectivity index (χ2v) is 5.78. The van der Waals surface area contributed by atoms with E-state index in [0.717, 1.165) is 5.92 Å². The molecule has 0 aliphatic carbocycles. The Morgan fingerprint density at radius 1 is 1.62 bits per heavy atom. The normalized spacial score (nSPS) is 23.8. The molecule has 3 heteroatoms. The lowest BCUT2D eigenvalue weighted by atomic mass is 10.1. The molecule has 2 atom stereocenters. The van der Waals surface area contributed by atoms with Gasteiger partial charge in [0.2, 0.25) is 0 Å². The molecule has 1 aliphatic heterocycles. The monoisotopic (exact) mass is 238 g/mol. The first kappa shape index (κ1) is 12.1. The van der Waals surface area contributed by atoms with Crippen LogP contribution in [0.2, 0.25) is 0 Å². The van der Waals surface area contributed by atoms with Gasteiger partial charge in [-0.15, -0.1) is 11.3 Å².